The summed E-state index contributed by atoms with van der Waals surface area (Å²) in [5, 5.41) is 3.36. The molecule has 92 valence electrons. The van der Waals surface area contributed by atoms with Crippen LogP contribution in [0.1, 0.15) is 6.42 Å². The lowest BCUT2D eigenvalue weighted by molar-refractivity contribution is -0.158. The van der Waals surface area contributed by atoms with E-state index < -0.39 is 24.4 Å². The van der Waals surface area contributed by atoms with E-state index in [-0.39, 0.29) is 6.54 Å². The second-order valence-corrected chi connectivity index (χ2v) is 4.20. The molecule has 17 heavy (non-hydrogen) atoms. The average Bonchev–Trinajstić information content (AvgIpc) is 2.52. The van der Waals surface area contributed by atoms with Crippen LogP contribution in [0.25, 0.3) is 0 Å². The van der Waals surface area contributed by atoms with Gasteiger partial charge >= 0.3 is 11.9 Å². The summed E-state index contributed by atoms with van der Waals surface area (Å²) in [5.41, 5.74) is 0.625. The fraction of sp³-hybridized carbons (Fsp3) is 0.364. The number of benzene rings is 1. The summed E-state index contributed by atoms with van der Waals surface area (Å²) in [7, 11) is 0. The number of para-hydroxylation sites is 1. The number of carbonyl (C=O) groups is 1. The quantitative estimate of drug-likeness (QED) is 0.850. The molecule has 1 N–H and O–H groups in total. The molecule has 0 saturated carbocycles. The molecule has 2 rings (SSSR count). The van der Waals surface area contributed by atoms with Crippen molar-refractivity contribution in [2.75, 3.05) is 11.9 Å². The van der Waals surface area contributed by atoms with Gasteiger partial charge in [-0.25, -0.2) is 4.79 Å². The smallest absolute Gasteiger partial charge is 0.377 e. The van der Waals surface area contributed by atoms with E-state index in [0.29, 0.717) is 10.7 Å². The van der Waals surface area contributed by atoms with E-state index in [1.165, 1.54) is 0 Å². The summed E-state index contributed by atoms with van der Waals surface area (Å²) in [5.74, 6) is -4.82. The van der Waals surface area contributed by atoms with Crippen LogP contribution in [-0.4, -0.2) is 24.5 Å². The Kier molecular flexibility index (Phi) is 3.19. The van der Waals surface area contributed by atoms with E-state index in [1.807, 2.05) is 0 Å². The summed E-state index contributed by atoms with van der Waals surface area (Å²) in [6.07, 6.45) is -1.42. The molecule has 1 aromatic rings. The third kappa shape index (κ3) is 2.66. The van der Waals surface area contributed by atoms with Crippen LogP contribution in [0, 0.1) is 0 Å². The van der Waals surface area contributed by atoms with Crippen molar-refractivity contribution in [2.24, 2.45) is 0 Å². The maximum atomic E-state index is 12.9. The zero-order valence-electron chi connectivity index (χ0n) is 8.75. The van der Waals surface area contributed by atoms with Gasteiger partial charge in [0.05, 0.1) is 23.7 Å². The first-order valence-electron chi connectivity index (χ1n) is 5.06. The topological polar surface area (TPSA) is 38.3 Å². The Morgan fingerprint density at radius 2 is 2.18 bits per heavy atom. The van der Waals surface area contributed by atoms with Crippen molar-refractivity contribution in [1.82, 2.24) is 0 Å². The predicted octanol–water partition coefficient (Wildman–Crippen LogP) is 2.70. The van der Waals surface area contributed by atoms with Crippen molar-refractivity contribution in [2.45, 2.75) is 18.4 Å². The first kappa shape index (κ1) is 12.1. The lowest BCUT2D eigenvalue weighted by atomic mass is 10.2. The molecule has 0 radical (unpaired) electrons. The maximum absolute atomic E-state index is 12.9. The van der Waals surface area contributed by atoms with Crippen LogP contribution in [-0.2, 0) is 9.53 Å². The van der Waals surface area contributed by atoms with Gasteiger partial charge in [-0.15, -0.1) is 0 Å². The first-order chi connectivity index (χ1) is 7.99. The molecule has 0 amide bonds. The highest BCUT2D eigenvalue weighted by atomic mass is 35.5. The zero-order chi connectivity index (χ0) is 12.5. The molecule has 1 heterocycles. The van der Waals surface area contributed by atoms with Gasteiger partial charge in [0.1, 0.15) is 6.10 Å². The third-order valence-electron chi connectivity index (χ3n) is 2.45. The van der Waals surface area contributed by atoms with Gasteiger partial charge in [0, 0.05) is 0 Å². The molecule has 0 spiro atoms. The normalized spacial score (nSPS) is 22.3. The van der Waals surface area contributed by atoms with Crippen LogP contribution < -0.4 is 5.32 Å². The Balaban J connectivity index is 1.93. The van der Waals surface area contributed by atoms with E-state index in [2.05, 4.69) is 10.1 Å². The number of alkyl halides is 2. The lowest BCUT2D eigenvalue weighted by Gasteiger charge is -2.12. The molecule has 1 saturated heterocycles. The van der Waals surface area contributed by atoms with Crippen molar-refractivity contribution in [3.8, 4) is 0 Å². The van der Waals surface area contributed by atoms with Gasteiger partial charge in [0.15, 0.2) is 0 Å². The van der Waals surface area contributed by atoms with Crippen molar-refractivity contribution >= 4 is 23.3 Å². The lowest BCUT2D eigenvalue weighted by Crippen LogP contribution is -2.22. The van der Waals surface area contributed by atoms with Gasteiger partial charge in [0.25, 0.3) is 0 Å². The molecule has 1 aromatic carbocycles. The molecular weight excluding hydrogens is 252 g/mol. The van der Waals surface area contributed by atoms with Gasteiger partial charge in [-0.2, -0.15) is 8.78 Å². The number of halogens is 3. The summed E-state index contributed by atoms with van der Waals surface area (Å²) in [4.78, 5) is 10.8. The van der Waals surface area contributed by atoms with E-state index in [9.17, 15) is 13.6 Å². The summed E-state index contributed by atoms with van der Waals surface area (Å²) < 4.78 is 30.3. The van der Waals surface area contributed by atoms with Crippen molar-refractivity contribution in [3.05, 3.63) is 29.3 Å². The van der Waals surface area contributed by atoms with Gasteiger partial charge in [0.2, 0.25) is 0 Å². The Hall–Kier alpha value is -1.36. The molecule has 6 heteroatoms. The molecule has 0 bridgehead atoms. The highest BCUT2D eigenvalue weighted by Gasteiger charge is 2.50. The monoisotopic (exact) mass is 261 g/mol. The largest absolute Gasteiger partial charge is 0.456 e. The van der Waals surface area contributed by atoms with Crippen LogP contribution in [0.3, 0.4) is 0 Å². The van der Waals surface area contributed by atoms with Gasteiger partial charge in [-0.1, -0.05) is 23.7 Å². The van der Waals surface area contributed by atoms with Gasteiger partial charge < -0.3 is 10.1 Å². The van der Waals surface area contributed by atoms with Crippen LogP contribution in [0.4, 0.5) is 14.5 Å². The SMILES string of the molecule is O=C1OC(CNc2ccccc2Cl)CC1(F)F. The molecule has 3 nitrogen and oxygen atoms in total. The summed E-state index contributed by atoms with van der Waals surface area (Å²) in [6, 6.07) is 6.93. The molecule has 1 aliphatic rings. The predicted molar refractivity (Wildman–Crippen MR) is 59.4 cm³/mol. The molecule has 1 fully saturated rings. The fourth-order valence-electron chi connectivity index (χ4n) is 1.59. The maximum Gasteiger partial charge on any atom is 0.377 e. The number of cyclic esters (lactones) is 1. The van der Waals surface area contributed by atoms with Gasteiger partial charge in [-0.05, 0) is 12.1 Å². The van der Waals surface area contributed by atoms with Crippen LogP contribution in [0.15, 0.2) is 24.3 Å². The molecule has 1 aliphatic heterocycles. The van der Waals surface area contributed by atoms with Crippen LogP contribution in [0.2, 0.25) is 5.02 Å². The zero-order valence-corrected chi connectivity index (χ0v) is 9.51. The van der Waals surface area contributed by atoms with Crippen LogP contribution >= 0.6 is 11.6 Å². The number of hydrogen-bond acceptors (Lipinski definition) is 3. The Morgan fingerprint density at radius 3 is 2.76 bits per heavy atom. The minimum absolute atomic E-state index is 0.116. The summed E-state index contributed by atoms with van der Waals surface area (Å²) in [6.45, 7) is 0.116. The average molecular weight is 262 g/mol. The Labute approximate surface area is 102 Å². The number of ether oxygens (including phenoxy) is 1. The first-order valence-corrected chi connectivity index (χ1v) is 5.44. The van der Waals surface area contributed by atoms with E-state index in [4.69, 9.17) is 11.6 Å². The second kappa shape index (κ2) is 4.49. The Morgan fingerprint density at radius 1 is 1.47 bits per heavy atom. The minimum atomic E-state index is -3.37. The van der Waals surface area contributed by atoms with E-state index >= 15 is 0 Å². The standard InChI is InChI=1S/C11H10ClF2NO2/c12-8-3-1-2-4-9(8)15-6-7-5-11(13,14)10(16)17-7/h1-4,7,15H,5-6H2. The van der Waals surface area contributed by atoms with Crippen molar-refractivity contribution < 1.29 is 18.3 Å². The van der Waals surface area contributed by atoms with Crippen LogP contribution in [0.5, 0.6) is 0 Å². The molecule has 0 aliphatic carbocycles. The molecule has 1 unspecified atom stereocenters. The minimum Gasteiger partial charge on any atom is -0.456 e. The van der Waals surface area contributed by atoms with Crippen molar-refractivity contribution in [1.29, 1.82) is 0 Å². The molecule has 0 aromatic heterocycles. The molecule has 1 atom stereocenters. The highest BCUT2D eigenvalue weighted by Crippen LogP contribution is 2.31. The number of hydrogen-bond donors (Lipinski definition) is 1. The second-order valence-electron chi connectivity index (χ2n) is 3.80. The number of carbonyl (C=O) groups excluding carboxylic acids is 1. The number of esters is 1. The molecular formula is C11H10ClF2NO2. The van der Waals surface area contributed by atoms with E-state index in [1.54, 1.807) is 24.3 Å². The summed E-state index contributed by atoms with van der Waals surface area (Å²) >= 11 is 5.88. The van der Waals surface area contributed by atoms with E-state index in [0.717, 1.165) is 0 Å². The number of anilines is 1. The Bertz CT molecular complexity index is 439. The van der Waals surface area contributed by atoms with Gasteiger partial charge in [-0.3, -0.25) is 0 Å². The number of rotatable bonds is 3. The van der Waals surface area contributed by atoms with Crippen molar-refractivity contribution in [3.63, 3.8) is 0 Å². The highest BCUT2D eigenvalue weighted by molar-refractivity contribution is 6.33. The third-order valence-corrected chi connectivity index (χ3v) is 2.78. The fourth-order valence-corrected chi connectivity index (χ4v) is 1.79. The number of nitrogens with one attached hydrogen (secondary N) is 1.